The van der Waals surface area contributed by atoms with Crippen LogP contribution in [0.3, 0.4) is 0 Å². The molecule has 0 bridgehead atoms. The molecular formula is C23H30N2O2. The van der Waals surface area contributed by atoms with Crippen molar-refractivity contribution >= 4 is 5.91 Å². The molecule has 0 unspecified atom stereocenters. The molecule has 27 heavy (non-hydrogen) atoms. The summed E-state index contributed by atoms with van der Waals surface area (Å²) in [6.45, 7) is 4.53. The molecule has 1 N–H and O–H groups in total. The van der Waals surface area contributed by atoms with Gasteiger partial charge in [0.1, 0.15) is 6.61 Å². The molecular weight excluding hydrogens is 336 g/mol. The van der Waals surface area contributed by atoms with Crippen molar-refractivity contribution < 1.29 is 9.53 Å². The molecule has 1 aliphatic rings. The molecule has 0 aromatic heterocycles. The molecule has 0 saturated carbocycles. The Hall–Kier alpha value is -2.17. The van der Waals surface area contributed by atoms with Crippen LogP contribution in [-0.4, -0.2) is 30.5 Å². The Bertz CT molecular complexity index is 677. The van der Waals surface area contributed by atoms with Gasteiger partial charge in [0.05, 0.1) is 6.61 Å². The number of hydrogen-bond acceptors (Lipinski definition) is 3. The van der Waals surface area contributed by atoms with Gasteiger partial charge < -0.3 is 10.1 Å². The zero-order valence-corrected chi connectivity index (χ0v) is 16.0. The minimum atomic E-state index is -0.0837. The summed E-state index contributed by atoms with van der Waals surface area (Å²) in [7, 11) is 0. The van der Waals surface area contributed by atoms with Crippen molar-refractivity contribution in [3.63, 3.8) is 0 Å². The van der Waals surface area contributed by atoms with E-state index in [1.807, 2.05) is 30.3 Å². The van der Waals surface area contributed by atoms with E-state index in [-0.39, 0.29) is 12.5 Å². The molecule has 1 amide bonds. The Morgan fingerprint density at radius 3 is 2.22 bits per heavy atom. The predicted octanol–water partition coefficient (Wildman–Crippen LogP) is 3.90. The van der Waals surface area contributed by atoms with Crippen molar-refractivity contribution in [1.29, 1.82) is 0 Å². The van der Waals surface area contributed by atoms with Gasteiger partial charge in [0.15, 0.2) is 0 Å². The maximum absolute atomic E-state index is 11.9. The van der Waals surface area contributed by atoms with Crippen LogP contribution in [0.4, 0.5) is 0 Å². The number of carbonyl (C=O) groups excluding carboxylic acids is 1. The van der Waals surface area contributed by atoms with E-state index in [1.54, 1.807) is 0 Å². The summed E-state index contributed by atoms with van der Waals surface area (Å²) in [6, 6.07) is 18.5. The van der Waals surface area contributed by atoms with Crippen LogP contribution in [0.1, 0.15) is 42.4 Å². The molecule has 0 atom stereocenters. The summed E-state index contributed by atoms with van der Waals surface area (Å²) in [5, 5.41) is 2.92. The lowest BCUT2D eigenvalue weighted by molar-refractivity contribution is -0.126. The molecule has 144 valence electrons. The highest BCUT2D eigenvalue weighted by atomic mass is 16.5. The highest BCUT2D eigenvalue weighted by molar-refractivity contribution is 5.77. The molecule has 1 heterocycles. The maximum atomic E-state index is 11.9. The van der Waals surface area contributed by atoms with E-state index < -0.39 is 0 Å². The quantitative estimate of drug-likeness (QED) is 0.770. The minimum absolute atomic E-state index is 0.0837. The average molecular weight is 367 g/mol. The molecule has 3 rings (SSSR count). The summed E-state index contributed by atoms with van der Waals surface area (Å²) in [4.78, 5) is 14.5. The first-order valence-corrected chi connectivity index (χ1v) is 9.98. The van der Waals surface area contributed by atoms with Gasteiger partial charge in [0.25, 0.3) is 0 Å². The van der Waals surface area contributed by atoms with Gasteiger partial charge in [0, 0.05) is 13.1 Å². The lowest BCUT2D eigenvalue weighted by Crippen LogP contribution is -2.27. The van der Waals surface area contributed by atoms with Crippen LogP contribution in [0.5, 0.6) is 0 Å². The van der Waals surface area contributed by atoms with Gasteiger partial charge in [-0.3, -0.25) is 9.69 Å². The zero-order chi connectivity index (χ0) is 18.7. The van der Waals surface area contributed by atoms with Crippen molar-refractivity contribution in [2.45, 2.75) is 45.4 Å². The SMILES string of the molecule is O=C(COCc1ccccc1)NCc1ccc(CN2CCCCCC2)cc1. The van der Waals surface area contributed by atoms with E-state index in [0.717, 1.165) is 17.7 Å². The fraction of sp³-hybridized carbons (Fsp3) is 0.435. The number of nitrogens with one attached hydrogen (secondary N) is 1. The Morgan fingerprint density at radius 1 is 0.852 bits per heavy atom. The molecule has 1 saturated heterocycles. The Labute approximate surface area is 162 Å². The highest BCUT2D eigenvalue weighted by Gasteiger charge is 2.09. The third-order valence-electron chi connectivity index (χ3n) is 4.96. The largest absolute Gasteiger partial charge is 0.367 e. The Morgan fingerprint density at radius 2 is 1.52 bits per heavy atom. The molecule has 2 aromatic rings. The second kappa shape index (κ2) is 10.9. The molecule has 0 spiro atoms. The Balaban J connectivity index is 1.36. The van der Waals surface area contributed by atoms with Crippen LogP contribution < -0.4 is 5.32 Å². The highest BCUT2D eigenvalue weighted by Crippen LogP contribution is 2.14. The number of hydrogen-bond donors (Lipinski definition) is 1. The lowest BCUT2D eigenvalue weighted by Gasteiger charge is -2.19. The van der Waals surface area contributed by atoms with E-state index in [2.05, 4.69) is 34.5 Å². The second-order valence-corrected chi connectivity index (χ2v) is 7.26. The van der Waals surface area contributed by atoms with Crippen LogP contribution in [-0.2, 0) is 29.2 Å². The van der Waals surface area contributed by atoms with Crippen molar-refractivity contribution in [2.75, 3.05) is 19.7 Å². The van der Waals surface area contributed by atoms with Crippen molar-refractivity contribution in [2.24, 2.45) is 0 Å². The van der Waals surface area contributed by atoms with Crippen LogP contribution in [0, 0.1) is 0 Å². The molecule has 1 fully saturated rings. The van der Waals surface area contributed by atoms with Crippen LogP contribution in [0.2, 0.25) is 0 Å². The van der Waals surface area contributed by atoms with Crippen molar-refractivity contribution in [3.8, 4) is 0 Å². The lowest BCUT2D eigenvalue weighted by atomic mass is 10.1. The van der Waals surface area contributed by atoms with E-state index >= 15 is 0 Å². The second-order valence-electron chi connectivity index (χ2n) is 7.26. The third kappa shape index (κ3) is 7.16. The first-order chi connectivity index (χ1) is 13.3. The van der Waals surface area contributed by atoms with Gasteiger partial charge in [0.2, 0.25) is 5.91 Å². The summed E-state index contributed by atoms with van der Waals surface area (Å²) < 4.78 is 5.47. The van der Waals surface area contributed by atoms with Gasteiger partial charge in [-0.15, -0.1) is 0 Å². The first-order valence-electron chi connectivity index (χ1n) is 9.98. The number of ether oxygens (including phenoxy) is 1. The molecule has 0 radical (unpaired) electrons. The standard InChI is InChI=1S/C23H30N2O2/c26-23(19-27-18-22-8-4-3-5-9-22)24-16-20-10-12-21(13-11-20)17-25-14-6-1-2-7-15-25/h3-5,8-13H,1-2,6-7,14-19H2,(H,24,26). The fourth-order valence-corrected chi connectivity index (χ4v) is 3.40. The smallest absolute Gasteiger partial charge is 0.246 e. The summed E-state index contributed by atoms with van der Waals surface area (Å²) >= 11 is 0. The monoisotopic (exact) mass is 366 g/mol. The number of carbonyl (C=O) groups is 1. The first kappa shape index (κ1) is 19.6. The van der Waals surface area contributed by atoms with Crippen molar-refractivity contribution in [3.05, 3.63) is 71.3 Å². The van der Waals surface area contributed by atoms with Crippen LogP contribution in [0.25, 0.3) is 0 Å². The third-order valence-corrected chi connectivity index (χ3v) is 4.96. The van der Waals surface area contributed by atoms with Gasteiger partial charge in [-0.1, -0.05) is 67.4 Å². The molecule has 0 aliphatic carbocycles. The van der Waals surface area contributed by atoms with Crippen LogP contribution >= 0.6 is 0 Å². The fourth-order valence-electron chi connectivity index (χ4n) is 3.40. The van der Waals surface area contributed by atoms with Crippen LogP contribution in [0.15, 0.2) is 54.6 Å². The Kier molecular flexibility index (Phi) is 7.87. The number of nitrogens with zero attached hydrogens (tertiary/aromatic N) is 1. The topological polar surface area (TPSA) is 41.6 Å². The maximum Gasteiger partial charge on any atom is 0.246 e. The molecule has 2 aromatic carbocycles. The number of likely N-dealkylation sites (tertiary alicyclic amines) is 1. The van der Waals surface area contributed by atoms with Gasteiger partial charge >= 0.3 is 0 Å². The molecule has 4 nitrogen and oxygen atoms in total. The minimum Gasteiger partial charge on any atom is -0.367 e. The van der Waals surface area contributed by atoms with E-state index in [0.29, 0.717) is 13.2 Å². The van der Waals surface area contributed by atoms with E-state index in [1.165, 1.54) is 44.3 Å². The normalized spacial score (nSPS) is 15.3. The van der Waals surface area contributed by atoms with Gasteiger partial charge in [-0.05, 0) is 42.6 Å². The number of benzene rings is 2. The number of rotatable bonds is 8. The zero-order valence-electron chi connectivity index (χ0n) is 16.0. The van der Waals surface area contributed by atoms with Gasteiger partial charge in [-0.2, -0.15) is 0 Å². The van der Waals surface area contributed by atoms with E-state index in [9.17, 15) is 4.79 Å². The summed E-state index contributed by atoms with van der Waals surface area (Å²) in [5.74, 6) is -0.0837. The summed E-state index contributed by atoms with van der Waals surface area (Å²) in [6.07, 6.45) is 5.36. The average Bonchev–Trinajstić information content (AvgIpc) is 2.97. The van der Waals surface area contributed by atoms with Gasteiger partial charge in [-0.25, -0.2) is 0 Å². The van der Waals surface area contributed by atoms with E-state index in [4.69, 9.17) is 4.74 Å². The van der Waals surface area contributed by atoms with Crippen molar-refractivity contribution in [1.82, 2.24) is 10.2 Å². The molecule has 1 aliphatic heterocycles. The number of amides is 1. The molecule has 4 heteroatoms. The predicted molar refractivity (Wildman–Crippen MR) is 108 cm³/mol. The summed E-state index contributed by atoms with van der Waals surface area (Å²) in [5.41, 5.74) is 3.54.